The van der Waals surface area contributed by atoms with Crippen molar-refractivity contribution in [2.45, 2.75) is 18.9 Å². The lowest BCUT2D eigenvalue weighted by atomic mass is 10.1. The van der Waals surface area contributed by atoms with Crippen molar-refractivity contribution < 1.29 is 14.3 Å². The maximum absolute atomic E-state index is 14.7. The Kier molecular flexibility index (Phi) is 7.09. The van der Waals surface area contributed by atoms with E-state index in [-0.39, 0.29) is 17.8 Å². The molecule has 1 aromatic heterocycles. The van der Waals surface area contributed by atoms with Gasteiger partial charge in [-0.15, -0.1) is 0 Å². The lowest BCUT2D eigenvalue weighted by Gasteiger charge is -2.31. The second-order valence-corrected chi connectivity index (χ2v) is 9.25. The number of carbonyl (C=O) groups is 1. The van der Waals surface area contributed by atoms with Gasteiger partial charge in [-0.2, -0.15) is 0 Å². The Labute approximate surface area is 215 Å². The van der Waals surface area contributed by atoms with Crippen LogP contribution in [0.1, 0.15) is 23.3 Å². The molecule has 4 N–H and O–H groups in total. The van der Waals surface area contributed by atoms with Crippen LogP contribution in [0.25, 0.3) is 0 Å². The average molecular weight is 500 g/mol. The van der Waals surface area contributed by atoms with E-state index in [1.54, 1.807) is 16.7 Å². The number of piperidine rings is 1. The molecule has 2 heterocycles. The molecular weight excluding hydrogens is 469 g/mol. The van der Waals surface area contributed by atoms with E-state index in [1.165, 1.54) is 6.07 Å². The molecule has 8 heteroatoms. The quantitative estimate of drug-likeness (QED) is 0.256. The summed E-state index contributed by atoms with van der Waals surface area (Å²) in [5, 5.41) is 19.2. The number of aromatic nitrogens is 1. The first kappa shape index (κ1) is 24.4. The van der Waals surface area contributed by atoms with Crippen molar-refractivity contribution in [1.82, 2.24) is 4.57 Å². The van der Waals surface area contributed by atoms with Gasteiger partial charge in [-0.05, 0) is 91.7 Å². The molecule has 4 aromatic rings. The molecule has 37 heavy (non-hydrogen) atoms. The van der Waals surface area contributed by atoms with Crippen LogP contribution in [-0.4, -0.2) is 34.8 Å². The zero-order chi connectivity index (χ0) is 25.8. The van der Waals surface area contributed by atoms with Gasteiger partial charge in [-0.3, -0.25) is 4.79 Å². The molecule has 0 spiro atoms. The largest absolute Gasteiger partial charge is 0.393 e. The Morgan fingerprint density at radius 3 is 1.92 bits per heavy atom. The molecule has 1 aliphatic rings. The van der Waals surface area contributed by atoms with Gasteiger partial charge in [0.2, 0.25) is 0 Å². The Morgan fingerprint density at radius 2 is 1.38 bits per heavy atom. The lowest BCUT2D eigenvalue weighted by molar-refractivity contribution is 0.101. The van der Waals surface area contributed by atoms with E-state index < -0.39 is 0 Å². The van der Waals surface area contributed by atoms with E-state index >= 15 is 0 Å². The smallest absolute Gasteiger partial charge is 0.272 e. The van der Waals surface area contributed by atoms with Crippen LogP contribution in [0.4, 0.5) is 38.5 Å². The van der Waals surface area contributed by atoms with Crippen molar-refractivity contribution >= 4 is 40.0 Å². The van der Waals surface area contributed by atoms with Gasteiger partial charge in [0.25, 0.3) is 5.91 Å². The minimum Gasteiger partial charge on any atom is -0.393 e. The van der Waals surface area contributed by atoms with Crippen LogP contribution in [0.15, 0.2) is 85.1 Å². The van der Waals surface area contributed by atoms with Crippen LogP contribution >= 0.6 is 0 Å². The molecule has 0 atom stereocenters. The number of aliphatic hydroxyl groups excluding tert-OH is 1. The van der Waals surface area contributed by atoms with Crippen molar-refractivity contribution in [2.75, 3.05) is 33.9 Å². The fourth-order valence-electron chi connectivity index (χ4n) is 4.45. The molecule has 5 rings (SSSR count). The van der Waals surface area contributed by atoms with Gasteiger partial charge >= 0.3 is 0 Å². The van der Waals surface area contributed by atoms with Crippen LogP contribution in [0, 0.1) is 5.82 Å². The standard InChI is InChI=1S/C29H30FN5O2/c1-34-16-2-3-28(34)29(37)33-23-10-8-21(9-11-23)31-20-4-6-22(7-5-20)32-24-12-13-27(26(30)19-24)35-17-14-25(36)15-18-35/h2-13,16,19,25,31-32,36H,14-15,17-18H2,1H3,(H,33,37). The minimum absolute atomic E-state index is 0.155. The number of benzene rings is 3. The number of halogens is 1. The van der Waals surface area contributed by atoms with E-state index in [4.69, 9.17) is 0 Å². The van der Waals surface area contributed by atoms with Crippen molar-refractivity contribution in [3.8, 4) is 0 Å². The summed E-state index contributed by atoms with van der Waals surface area (Å²) in [6, 6.07) is 24.0. The summed E-state index contributed by atoms with van der Waals surface area (Å²) in [7, 11) is 1.83. The van der Waals surface area contributed by atoms with Crippen LogP contribution < -0.4 is 20.9 Å². The summed E-state index contributed by atoms with van der Waals surface area (Å²) >= 11 is 0. The summed E-state index contributed by atoms with van der Waals surface area (Å²) in [5.41, 5.74) is 5.19. The SMILES string of the molecule is Cn1cccc1C(=O)Nc1ccc(Nc2ccc(Nc3ccc(N4CCC(O)CC4)c(F)c3)cc2)cc1. The van der Waals surface area contributed by atoms with Gasteiger partial charge in [0.1, 0.15) is 11.5 Å². The molecular formula is C29H30FN5O2. The summed E-state index contributed by atoms with van der Waals surface area (Å²) in [5.74, 6) is -0.430. The molecule has 1 fully saturated rings. The minimum atomic E-state index is -0.287. The highest BCUT2D eigenvalue weighted by molar-refractivity contribution is 6.03. The first-order chi connectivity index (χ1) is 17.9. The van der Waals surface area contributed by atoms with E-state index in [0.717, 1.165) is 17.1 Å². The van der Waals surface area contributed by atoms with Gasteiger partial charge in [0, 0.05) is 54.8 Å². The van der Waals surface area contributed by atoms with E-state index in [2.05, 4.69) is 16.0 Å². The normalized spacial score (nSPS) is 13.9. The van der Waals surface area contributed by atoms with Gasteiger partial charge < -0.3 is 30.5 Å². The fourth-order valence-corrected chi connectivity index (χ4v) is 4.45. The molecule has 0 aliphatic carbocycles. The van der Waals surface area contributed by atoms with Gasteiger partial charge in [0.15, 0.2) is 0 Å². The number of amides is 1. The second-order valence-electron chi connectivity index (χ2n) is 9.25. The first-order valence-electron chi connectivity index (χ1n) is 12.3. The predicted molar refractivity (Wildman–Crippen MR) is 147 cm³/mol. The zero-order valence-corrected chi connectivity index (χ0v) is 20.6. The molecule has 0 radical (unpaired) electrons. The molecule has 0 saturated carbocycles. The second kappa shape index (κ2) is 10.8. The summed E-state index contributed by atoms with van der Waals surface area (Å²) in [6.45, 7) is 1.31. The number of nitrogens with one attached hydrogen (secondary N) is 3. The van der Waals surface area contributed by atoms with E-state index in [1.807, 2.05) is 78.8 Å². The highest BCUT2D eigenvalue weighted by atomic mass is 19.1. The molecule has 0 bridgehead atoms. The fraction of sp³-hybridized carbons (Fsp3) is 0.207. The molecule has 190 valence electrons. The van der Waals surface area contributed by atoms with Crippen LogP contribution in [0.2, 0.25) is 0 Å². The van der Waals surface area contributed by atoms with Crippen molar-refractivity contribution in [3.05, 3.63) is 96.6 Å². The highest BCUT2D eigenvalue weighted by Crippen LogP contribution is 2.28. The zero-order valence-electron chi connectivity index (χ0n) is 20.6. The number of anilines is 6. The summed E-state index contributed by atoms with van der Waals surface area (Å²) < 4.78 is 16.5. The third kappa shape index (κ3) is 5.92. The number of aryl methyl sites for hydroxylation is 1. The number of carbonyl (C=O) groups excluding carboxylic acids is 1. The average Bonchev–Trinajstić information content (AvgIpc) is 3.33. The third-order valence-electron chi connectivity index (χ3n) is 6.53. The predicted octanol–water partition coefficient (Wildman–Crippen LogP) is 5.86. The Bertz CT molecular complexity index is 1360. The van der Waals surface area contributed by atoms with E-state index in [0.29, 0.717) is 48.7 Å². The number of hydrogen-bond acceptors (Lipinski definition) is 5. The summed E-state index contributed by atoms with van der Waals surface area (Å²) in [6.07, 6.45) is 2.87. The van der Waals surface area contributed by atoms with Gasteiger partial charge in [-0.1, -0.05) is 0 Å². The lowest BCUT2D eigenvalue weighted by Crippen LogP contribution is -2.36. The first-order valence-corrected chi connectivity index (χ1v) is 12.3. The van der Waals surface area contributed by atoms with Gasteiger partial charge in [-0.25, -0.2) is 4.39 Å². The van der Waals surface area contributed by atoms with Crippen LogP contribution in [0.3, 0.4) is 0 Å². The molecule has 1 aliphatic heterocycles. The monoisotopic (exact) mass is 499 g/mol. The third-order valence-corrected chi connectivity index (χ3v) is 6.53. The van der Waals surface area contributed by atoms with Gasteiger partial charge in [0.05, 0.1) is 11.8 Å². The molecule has 7 nitrogen and oxygen atoms in total. The van der Waals surface area contributed by atoms with Crippen molar-refractivity contribution in [1.29, 1.82) is 0 Å². The number of aliphatic hydroxyl groups is 1. The van der Waals surface area contributed by atoms with Crippen molar-refractivity contribution in [2.24, 2.45) is 7.05 Å². The Hall–Kier alpha value is -4.30. The maximum atomic E-state index is 14.7. The maximum Gasteiger partial charge on any atom is 0.272 e. The highest BCUT2D eigenvalue weighted by Gasteiger charge is 2.19. The van der Waals surface area contributed by atoms with Crippen LogP contribution in [-0.2, 0) is 7.05 Å². The number of rotatable bonds is 7. The van der Waals surface area contributed by atoms with Crippen molar-refractivity contribution in [3.63, 3.8) is 0 Å². The Morgan fingerprint density at radius 1 is 0.838 bits per heavy atom. The topological polar surface area (TPSA) is 81.6 Å². The molecule has 3 aromatic carbocycles. The Balaban J connectivity index is 1.16. The van der Waals surface area contributed by atoms with Crippen LogP contribution in [0.5, 0.6) is 0 Å². The molecule has 1 amide bonds. The number of nitrogens with zero attached hydrogens (tertiary/aromatic N) is 2. The molecule has 0 unspecified atom stereocenters. The van der Waals surface area contributed by atoms with E-state index in [9.17, 15) is 14.3 Å². The summed E-state index contributed by atoms with van der Waals surface area (Å²) in [4.78, 5) is 14.4. The number of hydrogen-bond donors (Lipinski definition) is 4. The molecule has 1 saturated heterocycles.